The number of carbonyl (C=O) groups excluding carboxylic acids is 1. The van der Waals surface area contributed by atoms with Crippen LogP contribution in [0.2, 0.25) is 10.0 Å². The first kappa shape index (κ1) is 24.0. The van der Waals surface area contributed by atoms with Crippen molar-refractivity contribution < 1.29 is 19.2 Å². The predicted molar refractivity (Wildman–Crippen MR) is 139 cm³/mol. The van der Waals surface area contributed by atoms with Gasteiger partial charge in [0, 0.05) is 46.8 Å². The van der Waals surface area contributed by atoms with Gasteiger partial charge in [0.15, 0.2) is 5.78 Å². The highest BCUT2D eigenvalue weighted by atomic mass is 35.5. The minimum atomic E-state index is -0.467. The maximum Gasteiger partial charge on any atom is 0.188 e. The molecule has 0 amide bonds. The van der Waals surface area contributed by atoms with Gasteiger partial charge in [-0.1, -0.05) is 34.4 Å². The summed E-state index contributed by atoms with van der Waals surface area (Å²) in [6, 6.07) is 11.6. The standard InChI is InChI=1S/C28H28Cl2N2O4/c1-15-9-17(24(34)13-33)7-8-23(15)32-12-18-10-19(32)11-25(18)35-14-20-27(31-36-28(20)16-5-6-16)26-21(29)3-2-4-22(26)30/h2-4,7-9,16,18-19,25,33H,5-6,10-14H2,1H3/t18-,19-,25+/m0/s1. The number of halogens is 2. The number of aliphatic hydroxyl groups excluding tert-OH is 1. The van der Waals surface area contributed by atoms with Crippen LogP contribution in [-0.4, -0.2) is 41.3 Å². The number of piperidine rings is 1. The Balaban J connectivity index is 1.17. The van der Waals surface area contributed by atoms with Crippen LogP contribution in [0, 0.1) is 12.8 Å². The summed E-state index contributed by atoms with van der Waals surface area (Å²) in [4.78, 5) is 14.3. The van der Waals surface area contributed by atoms with Crippen LogP contribution < -0.4 is 4.90 Å². The maximum atomic E-state index is 11.9. The van der Waals surface area contributed by atoms with Crippen LogP contribution in [0.5, 0.6) is 0 Å². The Morgan fingerprint density at radius 3 is 2.61 bits per heavy atom. The zero-order valence-corrected chi connectivity index (χ0v) is 21.6. The van der Waals surface area contributed by atoms with E-state index in [-0.39, 0.29) is 11.9 Å². The number of rotatable bonds is 8. The van der Waals surface area contributed by atoms with Crippen LogP contribution in [0.3, 0.4) is 0 Å². The molecular weight excluding hydrogens is 499 g/mol. The van der Waals surface area contributed by atoms with Gasteiger partial charge in [-0.05, 0) is 68.5 Å². The summed E-state index contributed by atoms with van der Waals surface area (Å²) in [7, 11) is 0. The van der Waals surface area contributed by atoms with E-state index in [0.29, 0.717) is 51.4 Å². The monoisotopic (exact) mass is 526 g/mol. The smallest absolute Gasteiger partial charge is 0.188 e. The fourth-order valence-corrected chi connectivity index (χ4v) is 6.46. The number of benzene rings is 2. The van der Waals surface area contributed by atoms with Crippen molar-refractivity contribution >= 4 is 34.7 Å². The number of fused-ring (bicyclic) bond motifs is 2. The van der Waals surface area contributed by atoms with E-state index in [4.69, 9.17) is 37.6 Å². The summed E-state index contributed by atoms with van der Waals surface area (Å²) in [5.41, 5.74) is 5.12. The molecule has 0 unspecified atom stereocenters. The minimum Gasteiger partial charge on any atom is -0.388 e. The number of Topliss-reactive ketones (excluding diaryl/α,β-unsaturated/α-hetero) is 1. The van der Waals surface area contributed by atoms with Crippen molar-refractivity contribution in [3.63, 3.8) is 0 Å². The molecule has 3 atom stereocenters. The first-order valence-electron chi connectivity index (χ1n) is 12.5. The third kappa shape index (κ3) is 4.24. The Morgan fingerprint density at radius 1 is 1.19 bits per heavy atom. The molecule has 3 aliphatic rings. The van der Waals surface area contributed by atoms with Gasteiger partial charge in [-0.2, -0.15) is 0 Å². The summed E-state index contributed by atoms with van der Waals surface area (Å²) in [6.45, 7) is 2.91. The molecule has 1 saturated heterocycles. The lowest BCUT2D eigenvalue weighted by atomic mass is 10.0. The van der Waals surface area contributed by atoms with Crippen LogP contribution in [0.4, 0.5) is 5.69 Å². The number of hydrogen-bond acceptors (Lipinski definition) is 6. The molecule has 3 aromatic rings. The van der Waals surface area contributed by atoms with Gasteiger partial charge >= 0.3 is 0 Å². The number of aryl methyl sites for hydroxylation is 1. The Morgan fingerprint density at radius 2 is 1.97 bits per heavy atom. The van der Waals surface area contributed by atoms with E-state index >= 15 is 0 Å². The predicted octanol–water partition coefficient (Wildman–Crippen LogP) is 6.19. The third-order valence-corrected chi connectivity index (χ3v) is 8.49. The molecule has 2 heterocycles. The summed E-state index contributed by atoms with van der Waals surface area (Å²) >= 11 is 13.0. The number of carbonyl (C=O) groups is 1. The molecule has 2 saturated carbocycles. The highest BCUT2D eigenvalue weighted by molar-refractivity contribution is 6.39. The van der Waals surface area contributed by atoms with Gasteiger partial charge in [0.25, 0.3) is 0 Å². The first-order chi connectivity index (χ1) is 17.4. The van der Waals surface area contributed by atoms with E-state index < -0.39 is 6.61 Å². The van der Waals surface area contributed by atoms with Gasteiger partial charge < -0.3 is 19.3 Å². The number of ketones is 1. The SMILES string of the molecule is Cc1cc(C(=O)CO)ccc1N1C[C@@H]2C[C@H]1C[C@H]2OCc1c(-c2c(Cl)cccc2Cl)noc1C1CC1. The van der Waals surface area contributed by atoms with Gasteiger partial charge in [0.1, 0.15) is 18.1 Å². The summed E-state index contributed by atoms with van der Waals surface area (Å²) < 4.78 is 12.3. The summed E-state index contributed by atoms with van der Waals surface area (Å²) in [5.74, 6) is 1.48. The average Bonchev–Trinajstić information content (AvgIpc) is 3.32. The van der Waals surface area contributed by atoms with E-state index in [0.717, 1.165) is 54.8 Å². The number of aliphatic hydroxyl groups is 1. The van der Waals surface area contributed by atoms with E-state index in [2.05, 4.69) is 10.1 Å². The lowest BCUT2D eigenvalue weighted by Crippen LogP contribution is -2.39. The molecule has 1 N–H and O–H groups in total. The fraction of sp³-hybridized carbons (Fsp3) is 0.429. The van der Waals surface area contributed by atoms with Gasteiger partial charge in [0.2, 0.25) is 0 Å². The maximum absolute atomic E-state index is 11.9. The Hall–Kier alpha value is -2.38. The van der Waals surface area contributed by atoms with Gasteiger partial charge in [-0.25, -0.2) is 0 Å². The molecule has 1 aliphatic heterocycles. The fourth-order valence-electron chi connectivity index (χ4n) is 5.89. The highest BCUT2D eigenvalue weighted by Crippen LogP contribution is 2.47. The molecule has 3 fully saturated rings. The Kier molecular flexibility index (Phi) is 6.32. The number of anilines is 1. The Labute approximate surface area is 220 Å². The van der Waals surface area contributed by atoms with Crippen LogP contribution in [-0.2, 0) is 11.3 Å². The minimum absolute atomic E-state index is 0.165. The molecule has 2 bridgehead atoms. The zero-order chi connectivity index (χ0) is 25.0. The van der Waals surface area contributed by atoms with Gasteiger partial charge in [-0.3, -0.25) is 4.79 Å². The molecule has 36 heavy (non-hydrogen) atoms. The Bertz CT molecular complexity index is 1300. The number of aromatic nitrogens is 1. The molecule has 188 valence electrons. The van der Waals surface area contributed by atoms with Crippen molar-refractivity contribution in [1.29, 1.82) is 0 Å². The third-order valence-electron chi connectivity index (χ3n) is 7.86. The summed E-state index contributed by atoms with van der Waals surface area (Å²) in [6.07, 6.45) is 4.40. The molecule has 2 aromatic carbocycles. The molecule has 6 rings (SSSR count). The van der Waals surface area contributed by atoms with Gasteiger partial charge in [0.05, 0.1) is 22.8 Å². The van der Waals surface area contributed by atoms with E-state index in [1.165, 1.54) is 0 Å². The summed E-state index contributed by atoms with van der Waals surface area (Å²) in [5, 5.41) is 14.6. The largest absolute Gasteiger partial charge is 0.388 e. The molecule has 2 aliphatic carbocycles. The van der Waals surface area contributed by atoms with E-state index in [1.807, 2.05) is 43.3 Å². The lowest BCUT2D eigenvalue weighted by Gasteiger charge is -2.34. The second-order valence-electron chi connectivity index (χ2n) is 10.2. The van der Waals surface area contributed by atoms with Crippen molar-refractivity contribution in [2.24, 2.45) is 5.92 Å². The number of ether oxygens (including phenoxy) is 1. The number of nitrogens with zero attached hydrogens (tertiary/aromatic N) is 2. The normalized spacial score (nSPS) is 23.0. The van der Waals surface area contributed by atoms with Crippen molar-refractivity contribution in [3.05, 3.63) is 68.9 Å². The molecule has 0 radical (unpaired) electrons. The molecule has 0 spiro atoms. The number of hydrogen-bond donors (Lipinski definition) is 1. The molecular formula is C28H28Cl2N2O4. The second kappa shape index (κ2) is 9.49. The lowest BCUT2D eigenvalue weighted by molar-refractivity contribution is 0.0122. The van der Waals surface area contributed by atoms with Crippen LogP contribution in [0.1, 0.15) is 58.8 Å². The van der Waals surface area contributed by atoms with Crippen molar-refractivity contribution in [3.8, 4) is 11.3 Å². The van der Waals surface area contributed by atoms with Crippen LogP contribution >= 0.6 is 23.2 Å². The van der Waals surface area contributed by atoms with Crippen molar-refractivity contribution in [1.82, 2.24) is 5.16 Å². The quantitative estimate of drug-likeness (QED) is 0.352. The van der Waals surface area contributed by atoms with Crippen LogP contribution in [0.25, 0.3) is 11.3 Å². The van der Waals surface area contributed by atoms with E-state index in [9.17, 15) is 4.79 Å². The molecule has 8 heteroatoms. The highest BCUT2D eigenvalue weighted by Gasteiger charge is 2.46. The van der Waals surface area contributed by atoms with Gasteiger partial charge in [-0.15, -0.1) is 0 Å². The topological polar surface area (TPSA) is 75.8 Å². The molecule has 6 nitrogen and oxygen atoms in total. The van der Waals surface area contributed by atoms with Crippen molar-refractivity contribution in [2.75, 3.05) is 18.1 Å². The zero-order valence-electron chi connectivity index (χ0n) is 20.0. The first-order valence-corrected chi connectivity index (χ1v) is 13.3. The second-order valence-corrected chi connectivity index (χ2v) is 11.0. The average molecular weight is 527 g/mol. The molecule has 1 aromatic heterocycles. The van der Waals surface area contributed by atoms with Crippen molar-refractivity contribution in [2.45, 2.75) is 57.3 Å². The van der Waals surface area contributed by atoms with Crippen LogP contribution in [0.15, 0.2) is 40.9 Å². The van der Waals surface area contributed by atoms with E-state index in [1.54, 1.807) is 0 Å².